The van der Waals surface area contributed by atoms with Gasteiger partial charge in [-0.25, -0.2) is 4.79 Å². The van der Waals surface area contributed by atoms with Crippen LogP contribution in [0.3, 0.4) is 0 Å². The Hall–Kier alpha value is -1.32. The van der Waals surface area contributed by atoms with E-state index in [1.165, 1.54) is 0 Å². The standard InChI is InChI=1S/C14H23NO3/c1-3-12(2)15-13(17)18-11-14(9-10-16)7-5-4-6-8-14/h4-5,10,12H,3,6-9,11H2,1-2H3,(H,15,17). The Morgan fingerprint density at radius 1 is 1.56 bits per heavy atom. The maximum Gasteiger partial charge on any atom is 0.407 e. The van der Waals surface area contributed by atoms with E-state index in [1.807, 2.05) is 13.8 Å². The first-order valence-electron chi connectivity index (χ1n) is 6.64. The summed E-state index contributed by atoms with van der Waals surface area (Å²) in [4.78, 5) is 22.3. The van der Waals surface area contributed by atoms with Crippen molar-refractivity contribution in [3.05, 3.63) is 12.2 Å². The van der Waals surface area contributed by atoms with Crippen LogP contribution in [0.25, 0.3) is 0 Å². The molecule has 1 N–H and O–H groups in total. The molecule has 0 aromatic carbocycles. The minimum Gasteiger partial charge on any atom is -0.449 e. The van der Waals surface area contributed by atoms with Crippen LogP contribution in [0.2, 0.25) is 0 Å². The van der Waals surface area contributed by atoms with E-state index in [4.69, 9.17) is 4.74 Å². The van der Waals surface area contributed by atoms with E-state index in [-0.39, 0.29) is 17.6 Å². The maximum atomic E-state index is 11.6. The molecule has 102 valence electrons. The molecule has 1 rings (SSSR count). The van der Waals surface area contributed by atoms with Crippen molar-refractivity contribution in [2.24, 2.45) is 5.41 Å². The molecule has 2 atom stereocenters. The summed E-state index contributed by atoms with van der Waals surface area (Å²) in [6.07, 6.45) is 8.71. The fraction of sp³-hybridized carbons (Fsp3) is 0.714. The molecule has 0 heterocycles. The Morgan fingerprint density at radius 3 is 2.89 bits per heavy atom. The number of hydrogen-bond donors (Lipinski definition) is 1. The monoisotopic (exact) mass is 253 g/mol. The van der Waals surface area contributed by atoms with Gasteiger partial charge in [-0.05, 0) is 32.6 Å². The Bertz CT molecular complexity index is 314. The number of alkyl carbamates (subject to hydrolysis) is 1. The van der Waals surface area contributed by atoms with Crippen LogP contribution in [-0.2, 0) is 9.53 Å². The molecule has 1 amide bonds. The smallest absolute Gasteiger partial charge is 0.407 e. The number of rotatable bonds is 6. The number of carbonyl (C=O) groups is 2. The summed E-state index contributed by atoms with van der Waals surface area (Å²) in [6, 6.07) is 0.116. The van der Waals surface area contributed by atoms with Crippen LogP contribution in [0, 0.1) is 5.41 Å². The molecule has 0 radical (unpaired) electrons. The summed E-state index contributed by atoms with van der Waals surface area (Å²) in [5, 5.41) is 2.76. The van der Waals surface area contributed by atoms with E-state index in [0.717, 1.165) is 32.0 Å². The summed E-state index contributed by atoms with van der Waals surface area (Å²) in [5.74, 6) is 0. The SMILES string of the molecule is CCC(C)NC(=O)OCC1(CC=O)CC=CCC1. The van der Waals surface area contributed by atoms with Gasteiger partial charge in [0.2, 0.25) is 0 Å². The van der Waals surface area contributed by atoms with E-state index in [9.17, 15) is 9.59 Å². The molecular weight excluding hydrogens is 230 g/mol. The van der Waals surface area contributed by atoms with Crippen LogP contribution < -0.4 is 5.32 Å². The summed E-state index contributed by atoms with van der Waals surface area (Å²) in [5.41, 5.74) is -0.191. The molecular formula is C14H23NO3. The second kappa shape index (κ2) is 7.19. The predicted molar refractivity (Wildman–Crippen MR) is 70.3 cm³/mol. The zero-order valence-electron chi connectivity index (χ0n) is 11.3. The number of aldehydes is 1. The average Bonchev–Trinajstić information content (AvgIpc) is 2.38. The second-order valence-corrected chi connectivity index (χ2v) is 5.11. The third-order valence-corrected chi connectivity index (χ3v) is 3.56. The summed E-state index contributed by atoms with van der Waals surface area (Å²) >= 11 is 0. The zero-order chi connectivity index (χ0) is 13.4. The molecule has 1 aliphatic carbocycles. The lowest BCUT2D eigenvalue weighted by molar-refractivity contribution is -0.110. The fourth-order valence-corrected chi connectivity index (χ4v) is 2.06. The number of ether oxygens (including phenoxy) is 1. The first kappa shape index (κ1) is 14.7. The summed E-state index contributed by atoms with van der Waals surface area (Å²) in [7, 11) is 0. The van der Waals surface area contributed by atoms with Gasteiger partial charge in [-0.2, -0.15) is 0 Å². The van der Waals surface area contributed by atoms with Gasteiger partial charge in [0, 0.05) is 17.9 Å². The zero-order valence-corrected chi connectivity index (χ0v) is 11.3. The summed E-state index contributed by atoms with van der Waals surface area (Å²) < 4.78 is 5.27. The van der Waals surface area contributed by atoms with Crippen molar-refractivity contribution in [2.75, 3.05) is 6.61 Å². The van der Waals surface area contributed by atoms with Gasteiger partial charge in [-0.3, -0.25) is 0 Å². The fourth-order valence-electron chi connectivity index (χ4n) is 2.06. The van der Waals surface area contributed by atoms with Crippen molar-refractivity contribution >= 4 is 12.4 Å². The molecule has 2 unspecified atom stereocenters. The topological polar surface area (TPSA) is 55.4 Å². The lowest BCUT2D eigenvalue weighted by Crippen LogP contribution is -2.36. The normalized spacial score (nSPS) is 24.3. The number of hydrogen-bond acceptors (Lipinski definition) is 3. The van der Waals surface area contributed by atoms with E-state index < -0.39 is 0 Å². The Morgan fingerprint density at radius 2 is 2.33 bits per heavy atom. The Labute approximate surface area is 109 Å². The van der Waals surface area contributed by atoms with E-state index in [0.29, 0.717) is 13.0 Å². The van der Waals surface area contributed by atoms with Crippen LogP contribution in [0.1, 0.15) is 46.0 Å². The first-order chi connectivity index (χ1) is 8.62. The molecule has 1 aliphatic rings. The van der Waals surface area contributed by atoms with E-state index >= 15 is 0 Å². The molecule has 0 saturated carbocycles. The van der Waals surface area contributed by atoms with Gasteiger partial charge in [0.15, 0.2) is 0 Å². The quantitative estimate of drug-likeness (QED) is 0.585. The molecule has 0 aromatic heterocycles. The van der Waals surface area contributed by atoms with Gasteiger partial charge >= 0.3 is 6.09 Å². The maximum absolute atomic E-state index is 11.6. The molecule has 0 bridgehead atoms. The highest BCUT2D eigenvalue weighted by Gasteiger charge is 2.31. The lowest BCUT2D eigenvalue weighted by Gasteiger charge is -2.32. The van der Waals surface area contributed by atoms with Gasteiger partial charge in [-0.15, -0.1) is 0 Å². The second-order valence-electron chi connectivity index (χ2n) is 5.11. The molecule has 4 nitrogen and oxygen atoms in total. The number of nitrogens with one attached hydrogen (secondary N) is 1. The van der Waals surface area contributed by atoms with E-state index in [1.54, 1.807) is 0 Å². The lowest BCUT2D eigenvalue weighted by atomic mass is 9.75. The van der Waals surface area contributed by atoms with Crippen molar-refractivity contribution in [3.8, 4) is 0 Å². The van der Waals surface area contributed by atoms with Gasteiger partial charge in [0.05, 0.1) is 6.61 Å². The number of carbonyl (C=O) groups excluding carboxylic acids is 2. The van der Waals surface area contributed by atoms with Crippen molar-refractivity contribution in [1.29, 1.82) is 0 Å². The van der Waals surface area contributed by atoms with Crippen LogP contribution in [-0.4, -0.2) is 25.0 Å². The highest BCUT2D eigenvalue weighted by molar-refractivity contribution is 5.67. The molecule has 0 aromatic rings. The first-order valence-corrected chi connectivity index (χ1v) is 6.64. The molecule has 18 heavy (non-hydrogen) atoms. The van der Waals surface area contributed by atoms with Gasteiger partial charge < -0.3 is 14.8 Å². The Balaban J connectivity index is 2.45. The van der Waals surface area contributed by atoms with Crippen molar-refractivity contribution in [3.63, 3.8) is 0 Å². The van der Waals surface area contributed by atoms with E-state index in [2.05, 4.69) is 17.5 Å². The Kier molecular flexibility index (Phi) is 5.89. The minimum absolute atomic E-state index is 0.116. The average molecular weight is 253 g/mol. The third-order valence-electron chi connectivity index (χ3n) is 3.56. The third kappa shape index (κ3) is 4.51. The van der Waals surface area contributed by atoms with Crippen molar-refractivity contribution in [1.82, 2.24) is 5.32 Å². The van der Waals surface area contributed by atoms with Gasteiger partial charge in [0.25, 0.3) is 0 Å². The minimum atomic E-state index is -0.385. The highest BCUT2D eigenvalue weighted by Crippen LogP contribution is 2.35. The van der Waals surface area contributed by atoms with Crippen LogP contribution in [0.4, 0.5) is 4.79 Å². The molecule has 0 fully saturated rings. The van der Waals surface area contributed by atoms with Crippen molar-refractivity contribution < 1.29 is 14.3 Å². The molecule has 0 aliphatic heterocycles. The largest absolute Gasteiger partial charge is 0.449 e. The molecule has 4 heteroatoms. The summed E-state index contributed by atoms with van der Waals surface area (Å²) in [6.45, 7) is 4.26. The predicted octanol–water partition coefficient (Wildman–Crippen LogP) is 2.83. The van der Waals surface area contributed by atoms with Crippen molar-refractivity contribution in [2.45, 2.75) is 52.0 Å². The molecule has 0 spiro atoms. The number of amides is 1. The van der Waals surface area contributed by atoms with Gasteiger partial charge in [-0.1, -0.05) is 19.1 Å². The van der Waals surface area contributed by atoms with Crippen LogP contribution in [0.5, 0.6) is 0 Å². The highest BCUT2D eigenvalue weighted by atomic mass is 16.5. The van der Waals surface area contributed by atoms with Crippen LogP contribution in [0.15, 0.2) is 12.2 Å². The number of allylic oxidation sites excluding steroid dienone is 2. The molecule has 0 saturated heterocycles. The van der Waals surface area contributed by atoms with Crippen LogP contribution >= 0.6 is 0 Å². The van der Waals surface area contributed by atoms with Gasteiger partial charge in [0.1, 0.15) is 6.29 Å².